The number of rotatable bonds is 5. The van der Waals surface area contributed by atoms with Crippen LogP contribution in [0.2, 0.25) is 0 Å². The van der Waals surface area contributed by atoms with Gasteiger partial charge in [0.05, 0.1) is 22.7 Å². The van der Waals surface area contributed by atoms with E-state index in [1.54, 1.807) is 9.80 Å². The third kappa shape index (κ3) is 4.84. The molecule has 0 aliphatic carbocycles. The average Bonchev–Trinajstić information content (AvgIpc) is 3.31. The van der Waals surface area contributed by atoms with E-state index < -0.39 is 31.0 Å². The van der Waals surface area contributed by atoms with E-state index in [9.17, 15) is 26.4 Å². The Morgan fingerprint density at radius 2 is 1.75 bits per heavy atom. The minimum absolute atomic E-state index is 0.0485. The molecule has 2 atom stereocenters. The van der Waals surface area contributed by atoms with Crippen molar-refractivity contribution in [2.24, 2.45) is 5.92 Å². The smallest absolute Gasteiger partial charge is 0.228 e. The van der Waals surface area contributed by atoms with Crippen molar-refractivity contribution in [2.45, 2.75) is 31.6 Å². The lowest BCUT2D eigenvalue weighted by Gasteiger charge is -2.36. The van der Waals surface area contributed by atoms with Crippen LogP contribution in [0.25, 0.3) is 0 Å². The number of carbonyl (C=O) groups excluding carboxylic acids is 2. The number of benzene rings is 1. The predicted molar refractivity (Wildman–Crippen MR) is 119 cm³/mol. The first-order chi connectivity index (χ1) is 15.0. The van der Waals surface area contributed by atoms with Gasteiger partial charge >= 0.3 is 0 Å². The Balaban J connectivity index is 1.31. The predicted octanol–water partition coefficient (Wildman–Crippen LogP) is 0.00462. The zero-order valence-corrected chi connectivity index (χ0v) is 19.8. The lowest BCUT2D eigenvalue weighted by Crippen LogP contribution is -2.54. The Bertz CT molecular complexity index is 1090. The Morgan fingerprint density at radius 3 is 2.34 bits per heavy atom. The van der Waals surface area contributed by atoms with E-state index in [1.807, 2.05) is 31.2 Å². The van der Waals surface area contributed by atoms with E-state index in [4.69, 9.17) is 0 Å². The van der Waals surface area contributed by atoms with Gasteiger partial charge in [-0.2, -0.15) is 4.31 Å². The molecule has 2 amide bonds. The van der Waals surface area contributed by atoms with E-state index in [1.165, 1.54) is 4.31 Å². The van der Waals surface area contributed by atoms with Crippen molar-refractivity contribution < 1.29 is 26.4 Å². The molecule has 1 aromatic rings. The highest BCUT2D eigenvalue weighted by Crippen LogP contribution is 2.26. The highest BCUT2D eigenvalue weighted by atomic mass is 32.2. The number of aryl methyl sites for hydroxylation is 1. The number of carbonyl (C=O) groups is 2. The van der Waals surface area contributed by atoms with Crippen molar-refractivity contribution in [3.63, 3.8) is 0 Å². The number of hydrogen-bond acceptors (Lipinski definition) is 6. The zero-order valence-electron chi connectivity index (χ0n) is 18.1. The molecule has 0 spiro atoms. The Labute approximate surface area is 189 Å². The molecule has 11 heteroatoms. The second-order valence-electron chi connectivity index (χ2n) is 8.96. The Kier molecular flexibility index (Phi) is 6.34. The minimum atomic E-state index is -3.70. The summed E-state index contributed by atoms with van der Waals surface area (Å²) in [4.78, 5) is 28.8. The molecule has 0 saturated carbocycles. The molecule has 9 nitrogen and oxygen atoms in total. The SMILES string of the molecule is Cc1ccc(CN2CC(C(=O)N3CCN(S(=O)(=O)C4CCS(=O)(=O)C4)CC3)CC2=O)cc1. The molecule has 32 heavy (non-hydrogen) atoms. The maximum atomic E-state index is 13.0. The van der Waals surface area contributed by atoms with Gasteiger partial charge in [0, 0.05) is 45.7 Å². The molecule has 1 aromatic carbocycles. The number of likely N-dealkylation sites (tertiary alicyclic amines) is 1. The molecular weight excluding hydrogens is 454 g/mol. The fourth-order valence-electron chi connectivity index (χ4n) is 4.63. The molecule has 3 aliphatic heterocycles. The van der Waals surface area contributed by atoms with Crippen LogP contribution in [0.15, 0.2) is 24.3 Å². The van der Waals surface area contributed by atoms with E-state index in [0.717, 1.165) is 11.1 Å². The van der Waals surface area contributed by atoms with Gasteiger partial charge in [0.1, 0.15) is 0 Å². The van der Waals surface area contributed by atoms with Crippen LogP contribution in [-0.4, -0.2) is 92.2 Å². The van der Waals surface area contributed by atoms with Gasteiger partial charge in [-0.25, -0.2) is 16.8 Å². The average molecular weight is 484 g/mol. The maximum absolute atomic E-state index is 13.0. The molecule has 4 rings (SSSR count). The number of hydrogen-bond donors (Lipinski definition) is 0. The summed E-state index contributed by atoms with van der Waals surface area (Å²) in [6.45, 7) is 3.64. The van der Waals surface area contributed by atoms with Gasteiger partial charge in [-0.05, 0) is 18.9 Å². The van der Waals surface area contributed by atoms with Crippen molar-refractivity contribution in [3.05, 3.63) is 35.4 Å². The first kappa shape index (κ1) is 23.2. The van der Waals surface area contributed by atoms with Gasteiger partial charge in [-0.3, -0.25) is 9.59 Å². The summed E-state index contributed by atoms with van der Waals surface area (Å²) in [5, 5.41) is -0.891. The number of sulfone groups is 1. The molecule has 0 radical (unpaired) electrons. The second kappa shape index (κ2) is 8.75. The Hall–Kier alpha value is -1.98. The lowest BCUT2D eigenvalue weighted by atomic mass is 10.1. The van der Waals surface area contributed by atoms with E-state index in [0.29, 0.717) is 13.1 Å². The molecule has 3 heterocycles. The number of sulfonamides is 1. The maximum Gasteiger partial charge on any atom is 0.228 e. The number of piperazine rings is 1. The quantitative estimate of drug-likeness (QED) is 0.583. The monoisotopic (exact) mass is 483 g/mol. The first-order valence-electron chi connectivity index (χ1n) is 10.9. The molecule has 0 N–H and O–H groups in total. The topological polar surface area (TPSA) is 112 Å². The summed E-state index contributed by atoms with van der Waals surface area (Å²) in [5.41, 5.74) is 2.16. The van der Waals surface area contributed by atoms with Crippen LogP contribution in [0.1, 0.15) is 24.0 Å². The summed E-state index contributed by atoms with van der Waals surface area (Å²) >= 11 is 0. The number of amides is 2. The van der Waals surface area contributed by atoms with Gasteiger partial charge < -0.3 is 9.80 Å². The fraction of sp³-hybridized carbons (Fsp3) is 0.619. The summed E-state index contributed by atoms with van der Waals surface area (Å²) in [6, 6.07) is 7.94. The number of nitrogens with zero attached hydrogens (tertiary/aromatic N) is 3. The van der Waals surface area contributed by atoms with E-state index in [-0.39, 0.29) is 62.3 Å². The summed E-state index contributed by atoms with van der Waals surface area (Å²) < 4.78 is 50.3. The van der Waals surface area contributed by atoms with Crippen LogP contribution in [0, 0.1) is 12.8 Å². The van der Waals surface area contributed by atoms with Crippen LogP contribution < -0.4 is 0 Å². The highest BCUT2D eigenvalue weighted by Gasteiger charge is 2.43. The molecular formula is C21H29N3O6S2. The van der Waals surface area contributed by atoms with Gasteiger partial charge in [0.2, 0.25) is 21.8 Å². The second-order valence-corrected chi connectivity index (χ2v) is 13.4. The van der Waals surface area contributed by atoms with Crippen LogP contribution in [0.5, 0.6) is 0 Å². The van der Waals surface area contributed by atoms with Crippen LogP contribution >= 0.6 is 0 Å². The van der Waals surface area contributed by atoms with Crippen LogP contribution in [-0.2, 0) is 36.0 Å². The third-order valence-corrected chi connectivity index (χ3v) is 10.9. The van der Waals surface area contributed by atoms with Gasteiger partial charge in [-0.1, -0.05) is 29.8 Å². The molecule has 3 fully saturated rings. The highest BCUT2D eigenvalue weighted by molar-refractivity contribution is 7.95. The van der Waals surface area contributed by atoms with Crippen molar-refractivity contribution in [3.8, 4) is 0 Å². The first-order valence-corrected chi connectivity index (χ1v) is 14.2. The third-order valence-electron chi connectivity index (χ3n) is 6.58. The normalized spacial score (nSPS) is 26.6. The summed E-state index contributed by atoms with van der Waals surface area (Å²) in [5.74, 6) is -1.01. The van der Waals surface area contributed by atoms with Crippen molar-refractivity contribution in [1.82, 2.24) is 14.1 Å². The molecule has 0 bridgehead atoms. The van der Waals surface area contributed by atoms with E-state index in [2.05, 4.69) is 0 Å². The van der Waals surface area contributed by atoms with E-state index >= 15 is 0 Å². The van der Waals surface area contributed by atoms with Crippen LogP contribution in [0.4, 0.5) is 0 Å². The molecule has 0 aromatic heterocycles. The summed E-state index contributed by atoms with van der Waals surface area (Å²) in [7, 11) is -7.00. The zero-order chi connectivity index (χ0) is 23.1. The van der Waals surface area contributed by atoms with Gasteiger partial charge in [0.25, 0.3) is 0 Å². The van der Waals surface area contributed by atoms with Crippen molar-refractivity contribution in [2.75, 3.05) is 44.2 Å². The van der Waals surface area contributed by atoms with Gasteiger partial charge in [-0.15, -0.1) is 0 Å². The fourth-order valence-corrected chi connectivity index (χ4v) is 9.14. The molecule has 3 saturated heterocycles. The Morgan fingerprint density at radius 1 is 1.09 bits per heavy atom. The van der Waals surface area contributed by atoms with Gasteiger partial charge in [0.15, 0.2) is 9.84 Å². The largest absolute Gasteiger partial charge is 0.340 e. The van der Waals surface area contributed by atoms with Crippen LogP contribution in [0.3, 0.4) is 0 Å². The van der Waals surface area contributed by atoms with Crippen molar-refractivity contribution in [1.29, 1.82) is 0 Å². The lowest BCUT2D eigenvalue weighted by molar-refractivity contribution is -0.137. The molecule has 3 aliphatic rings. The minimum Gasteiger partial charge on any atom is -0.340 e. The summed E-state index contributed by atoms with van der Waals surface area (Å²) in [6.07, 6.45) is 0.300. The molecule has 2 unspecified atom stereocenters. The molecule has 176 valence electrons. The van der Waals surface area contributed by atoms with Crippen molar-refractivity contribution >= 4 is 31.7 Å². The standard InChI is InChI=1S/C21H29N3O6S2/c1-16-2-4-17(5-3-16)13-23-14-18(12-20(23)25)21(26)22-7-9-24(10-8-22)32(29,30)19-6-11-31(27,28)15-19/h2-5,18-19H,6-15H2,1H3.